The molecule has 0 aromatic carbocycles. The Morgan fingerprint density at radius 1 is 1.42 bits per heavy atom. The maximum Gasteiger partial charge on any atom is 0.315 e. The zero-order chi connectivity index (χ0) is 13.7. The van der Waals surface area contributed by atoms with Gasteiger partial charge < -0.3 is 9.26 Å². The molecule has 100 valence electrons. The largest absolute Gasteiger partial charge is 0.466 e. The van der Waals surface area contributed by atoms with E-state index in [9.17, 15) is 4.79 Å². The van der Waals surface area contributed by atoms with Crippen LogP contribution in [0, 0.1) is 0 Å². The Labute approximate surface area is 110 Å². The van der Waals surface area contributed by atoms with E-state index in [1.807, 2.05) is 13.0 Å². The first-order valence-corrected chi connectivity index (χ1v) is 6.16. The summed E-state index contributed by atoms with van der Waals surface area (Å²) in [5.74, 6) is 0.356. The van der Waals surface area contributed by atoms with Crippen LogP contribution in [0.3, 0.4) is 0 Å². The fraction of sp³-hybridized carbons (Fsp3) is 0.385. The molecule has 0 bridgehead atoms. The van der Waals surface area contributed by atoms with Gasteiger partial charge >= 0.3 is 5.97 Å². The van der Waals surface area contributed by atoms with Crippen LogP contribution in [0.2, 0.25) is 0 Å². The highest BCUT2D eigenvalue weighted by Gasteiger charge is 2.14. The third kappa shape index (κ3) is 3.15. The lowest BCUT2D eigenvalue weighted by atomic mass is 10.1. The molecule has 0 saturated carbocycles. The van der Waals surface area contributed by atoms with Crippen molar-refractivity contribution in [2.24, 2.45) is 0 Å². The van der Waals surface area contributed by atoms with Gasteiger partial charge in [0, 0.05) is 18.0 Å². The summed E-state index contributed by atoms with van der Waals surface area (Å²) < 4.78 is 9.88. The molecule has 0 aliphatic carbocycles. The lowest BCUT2D eigenvalue weighted by Gasteiger charge is -2.00. The number of aromatic nitrogens is 3. The third-order valence-electron chi connectivity index (χ3n) is 2.59. The molecule has 2 aromatic heterocycles. The zero-order valence-electron chi connectivity index (χ0n) is 10.9. The van der Waals surface area contributed by atoms with Crippen LogP contribution in [0.4, 0.5) is 0 Å². The summed E-state index contributed by atoms with van der Waals surface area (Å²) >= 11 is 0. The fourth-order valence-corrected chi connectivity index (χ4v) is 1.70. The Kier molecular flexibility index (Phi) is 4.22. The van der Waals surface area contributed by atoms with Gasteiger partial charge in [-0.3, -0.25) is 9.78 Å². The van der Waals surface area contributed by atoms with E-state index in [1.165, 1.54) is 0 Å². The normalized spacial score (nSPS) is 10.4. The first-order chi connectivity index (χ1) is 9.24. The van der Waals surface area contributed by atoms with Gasteiger partial charge in [0.2, 0.25) is 11.7 Å². The first kappa shape index (κ1) is 13.2. The Morgan fingerprint density at radius 2 is 2.26 bits per heavy atom. The van der Waals surface area contributed by atoms with Gasteiger partial charge in [-0.05, 0) is 25.0 Å². The highest BCUT2D eigenvalue weighted by Crippen LogP contribution is 2.20. The van der Waals surface area contributed by atoms with E-state index in [4.69, 9.17) is 9.26 Å². The Hall–Kier alpha value is -2.24. The molecule has 0 fully saturated rings. The fourth-order valence-electron chi connectivity index (χ4n) is 1.70. The Bertz CT molecular complexity index is 566. The van der Waals surface area contributed by atoms with E-state index < -0.39 is 0 Å². The monoisotopic (exact) mass is 261 g/mol. The van der Waals surface area contributed by atoms with Crippen molar-refractivity contribution in [3.8, 4) is 11.4 Å². The molecule has 0 spiro atoms. The van der Waals surface area contributed by atoms with Crippen LogP contribution in [-0.4, -0.2) is 27.7 Å². The van der Waals surface area contributed by atoms with Crippen molar-refractivity contribution >= 4 is 5.97 Å². The van der Waals surface area contributed by atoms with Crippen LogP contribution in [0.1, 0.15) is 25.3 Å². The molecule has 0 amide bonds. The van der Waals surface area contributed by atoms with Gasteiger partial charge in [-0.25, -0.2) is 0 Å². The number of hydrogen-bond acceptors (Lipinski definition) is 6. The summed E-state index contributed by atoms with van der Waals surface area (Å²) in [5.41, 5.74) is 1.90. The predicted molar refractivity (Wildman–Crippen MR) is 67.2 cm³/mol. The van der Waals surface area contributed by atoms with Crippen molar-refractivity contribution in [3.63, 3.8) is 0 Å². The highest BCUT2D eigenvalue weighted by atomic mass is 16.5. The minimum atomic E-state index is -0.372. The summed E-state index contributed by atoms with van der Waals surface area (Å²) in [6, 6.07) is 1.83. The van der Waals surface area contributed by atoms with E-state index in [0.29, 0.717) is 12.4 Å². The number of carbonyl (C=O) groups excluding carboxylic acids is 1. The average Bonchev–Trinajstić information content (AvgIpc) is 2.87. The van der Waals surface area contributed by atoms with Crippen LogP contribution in [0.15, 0.2) is 23.0 Å². The van der Waals surface area contributed by atoms with Gasteiger partial charge in [0.1, 0.15) is 6.42 Å². The number of ether oxygens (including phenoxy) is 1. The number of rotatable bonds is 5. The molecule has 0 aliphatic rings. The molecule has 2 rings (SSSR count). The summed E-state index contributed by atoms with van der Waals surface area (Å²) in [6.45, 7) is 4.12. The molecular formula is C13H15N3O3. The lowest BCUT2D eigenvalue weighted by molar-refractivity contribution is -0.142. The molecule has 0 radical (unpaired) electrons. The van der Waals surface area contributed by atoms with Crippen LogP contribution in [-0.2, 0) is 22.4 Å². The lowest BCUT2D eigenvalue weighted by Crippen LogP contribution is -2.07. The van der Waals surface area contributed by atoms with Crippen LogP contribution >= 0.6 is 0 Å². The van der Waals surface area contributed by atoms with Crippen LogP contribution in [0.5, 0.6) is 0 Å². The van der Waals surface area contributed by atoms with Crippen molar-refractivity contribution in [1.29, 1.82) is 0 Å². The second-order valence-corrected chi connectivity index (χ2v) is 3.88. The van der Waals surface area contributed by atoms with E-state index in [2.05, 4.69) is 15.1 Å². The van der Waals surface area contributed by atoms with Gasteiger partial charge in [-0.15, -0.1) is 0 Å². The van der Waals surface area contributed by atoms with Crippen LogP contribution in [0.25, 0.3) is 11.4 Å². The minimum Gasteiger partial charge on any atom is -0.466 e. The SMILES string of the molecule is CCOC(=O)Cc1nc(-c2ccncc2CC)no1. The molecule has 19 heavy (non-hydrogen) atoms. The van der Waals surface area contributed by atoms with Gasteiger partial charge in [-0.1, -0.05) is 12.1 Å². The highest BCUT2D eigenvalue weighted by molar-refractivity contribution is 5.71. The average molecular weight is 261 g/mol. The molecule has 2 aromatic rings. The van der Waals surface area contributed by atoms with E-state index in [-0.39, 0.29) is 18.3 Å². The maximum absolute atomic E-state index is 11.3. The quantitative estimate of drug-likeness (QED) is 0.764. The molecule has 0 N–H and O–H groups in total. The second kappa shape index (κ2) is 6.08. The second-order valence-electron chi connectivity index (χ2n) is 3.88. The molecule has 0 atom stereocenters. The number of carbonyl (C=O) groups is 1. The number of hydrogen-bond donors (Lipinski definition) is 0. The smallest absolute Gasteiger partial charge is 0.315 e. The molecule has 2 heterocycles. The summed E-state index contributed by atoms with van der Waals surface area (Å²) in [5, 5.41) is 3.89. The van der Waals surface area contributed by atoms with Crippen molar-refractivity contribution in [1.82, 2.24) is 15.1 Å². The van der Waals surface area contributed by atoms with E-state index in [0.717, 1.165) is 17.5 Å². The van der Waals surface area contributed by atoms with Crippen molar-refractivity contribution in [3.05, 3.63) is 29.9 Å². The standard InChI is InChI=1S/C13H15N3O3/c1-3-9-8-14-6-5-10(9)13-15-11(19-16-13)7-12(17)18-4-2/h5-6,8H,3-4,7H2,1-2H3. The minimum absolute atomic E-state index is 0.00657. The molecule has 0 unspecified atom stereocenters. The topological polar surface area (TPSA) is 78.1 Å². The molecule has 6 nitrogen and oxygen atoms in total. The van der Waals surface area contributed by atoms with Crippen molar-refractivity contribution in [2.45, 2.75) is 26.7 Å². The third-order valence-corrected chi connectivity index (χ3v) is 2.59. The molecule has 0 aliphatic heterocycles. The predicted octanol–water partition coefficient (Wildman–Crippen LogP) is 1.80. The molecule has 6 heteroatoms. The van der Waals surface area contributed by atoms with Gasteiger partial charge in [0.05, 0.1) is 6.61 Å². The number of aryl methyl sites for hydroxylation is 1. The maximum atomic E-state index is 11.3. The van der Waals surface area contributed by atoms with Crippen molar-refractivity contribution < 1.29 is 14.1 Å². The zero-order valence-corrected chi connectivity index (χ0v) is 10.9. The first-order valence-electron chi connectivity index (χ1n) is 6.16. The van der Waals surface area contributed by atoms with Crippen LogP contribution < -0.4 is 0 Å². The van der Waals surface area contributed by atoms with Gasteiger partial charge in [-0.2, -0.15) is 4.98 Å². The Morgan fingerprint density at radius 3 is 3.00 bits per heavy atom. The molecule has 0 saturated heterocycles. The van der Waals surface area contributed by atoms with Gasteiger partial charge in [0.15, 0.2) is 0 Å². The number of nitrogens with zero attached hydrogens (tertiary/aromatic N) is 3. The summed E-state index contributed by atoms with van der Waals surface area (Å²) in [7, 11) is 0. The number of esters is 1. The summed E-state index contributed by atoms with van der Waals surface area (Å²) in [6.07, 6.45) is 4.27. The Balaban J connectivity index is 2.19. The number of pyridine rings is 1. The summed E-state index contributed by atoms with van der Waals surface area (Å²) in [4.78, 5) is 19.6. The molecular weight excluding hydrogens is 246 g/mol. The van der Waals surface area contributed by atoms with Gasteiger partial charge in [0.25, 0.3) is 0 Å². The van der Waals surface area contributed by atoms with Crippen molar-refractivity contribution in [2.75, 3.05) is 6.61 Å². The van der Waals surface area contributed by atoms with E-state index in [1.54, 1.807) is 19.3 Å². The van der Waals surface area contributed by atoms with E-state index >= 15 is 0 Å².